The summed E-state index contributed by atoms with van der Waals surface area (Å²) in [6, 6.07) is 9.24. The van der Waals surface area contributed by atoms with Crippen LogP contribution in [0, 0.1) is 0 Å². The second-order valence-electron chi connectivity index (χ2n) is 8.95. The summed E-state index contributed by atoms with van der Waals surface area (Å²) >= 11 is 11.1. The molecule has 0 unspecified atom stereocenters. The molecule has 0 N–H and O–H groups in total. The van der Waals surface area contributed by atoms with Gasteiger partial charge in [0.15, 0.2) is 0 Å². The molecule has 0 amide bonds. The van der Waals surface area contributed by atoms with Gasteiger partial charge in [-0.2, -0.15) is 0 Å². The smallest absolute Gasteiger partial charge is 0.145 e. The predicted octanol–water partition coefficient (Wildman–Crippen LogP) is 9.87. The Morgan fingerprint density at radius 3 is 1.70 bits per heavy atom. The first-order chi connectivity index (χ1) is 14.4. The Morgan fingerprint density at radius 2 is 1.23 bits per heavy atom. The number of rotatable bonds is 10. The van der Waals surface area contributed by atoms with E-state index in [0.717, 1.165) is 38.6 Å². The van der Waals surface area contributed by atoms with Crippen LogP contribution in [0.2, 0.25) is 0 Å². The fraction of sp³-hybridized carbons (Fsp3) is 0.538. The van der Waals surface area contributed by atoms with Gasteiger partial charge in [-0.25, -0.2) is 0 Å². The molecule has 0 spiro atoms. The van der Waals surface area contributed by atoms with E-state index in [-0.39, 0.29) is 5.41 Å². The molecule has 4 heteroatoms. The zero-order valence-electron chi connectivity index (χ0n) is 18.4. The second kappa shape index (κ2) is 11.0. The zero-order valence-corrected chi connectivity index (χ0v) is 23.2. The van der Waals surface area contributed by atoms with Gasteiger partial charge >= 0.3 is 0 Å². The second-order valence-corrected chi connectivity index (χ2v) is 11.4. The molecule has 0 radical (unpaired) electrons. The van der Waals surface area contributed by atoms with Crippen LogP contribution in [0.4, 0.5) is 0 Å². The van der Waals surface area contributed by atoms with Gasteiger partial charge in [0.05, 0.1) is 8.95 Å². The highest BCUT2D eigenvalue weighted by molar-refractivity contribution is 9.11. The molecular weight excluding hydrogens is 568 g/mol. The first kappa shape index (κ1) is 24.3. The summed E-state index contributed by atoms with van der Waals surface area (Å²) in [7, 11) is 0. The fourth-order valence-corrected chi connectivity index (χ4v) is 5.90. The average Bonchev–Trinajstić information content (AvgIpc) is 2.70. The van der Waals surface area contributed by atoms with E-state index in [4.69, 9.17) is 4.74 Å². The SMILES string of the molecule is CCCCCCc1cc(Br)c2c(c1)C(C)(C)c1cc(CCCCCBr)cc(Br)c1O2. The molecule has 0 saturated heterocycles. The fourth-order valence-electron chi connectivity index (χ4n) is 4.33. The van der Waals surface area contributed by atoms with E-state index in [1.807, 2.05) is 0 Å². The average molecular weight is 601 g/mol. The van der Waals surface area contributed by atoms with Crippen LogP contribution in [0.1, 0.15) is 88.0 Å². The quantitative estimate of drug-likeness (QED) is 0.195. The number of hydrogen-bond acceptors (Lipinski definition) is 1. The standard InChI is InChI=1S/C26H33Br3O/c1-4-5-6-8-11-18-14-20-24(22(28)16-18)30-25-21(26(20,2)3)15-19(17-23(25)29)12-9-7-10-13-27/h14-17H,4-13H2,1-3H3. The van der Waals surface area contributed by atoms with Crippen molar-refractivity contribution in [1.29, 1.82) is 0 Å². The van der Waals surface area contributed by atoms with E-state index in [9.17, 15) is 0 Å². The van der Waals surface area contributed by atoms with E-state index in [1.165, 1.54) is 67.2 Å². The van der Waals surface area contributed by atoms with E-state index in [0.29, 0.717) is 0 Å². The van der Waals surface area contributed by atoms with Crippen LogP contribution in [0.5, 0.6) is 11.5 Å². The van der Waals surface area contributed by atoms with Crippen LogP contribution in [0.15, 0.2) is 33.2 Å². The molecule has 1 heterocycles. The molecule has 0 atom stereocenters. The van der Waals surface area contributed by atoms with Crippen LogP contribution in [-0.2, 0) is 18.3 Å². The molecule has 0 aliphatic carbocycles. The van der Waals surface area contributed by atoms with Gasteiger partial charge in [0.1, 0.15) is 11.5 Å². The minimum atomic E-state index is -0.0980. The molecule has 0 fully saturated rings. The van der Waals surface area contributed by atoms with Crippen LogP contribution in [0.3, 0.4) is 0 Å². The van der Waals surface area contributed by atoms with Gasteiger partial charge in [-0.15, -0.1) is 0 Å². The van der Waals surface area contributed by atoms with Crippen LogP contribution in [-0.4, -0.2) is 5.33 Å². The molecule has 30 heavy (non-hydrogen) atoms. The minimum absolute atomic E-state index is 0.0980. The van der Waals surface area contributed by atoms with E-state index < -0.39 is 0 Å². The van der Waals surface area contributed by atoms with Gasteiger partial charge < -0.3 is 4.74 Å². The summed E-state index contributed by atoms with van der Waals surface area (Å²) in [4.78, 5) is 0. The minimum Gasteiger partial charge on any atom is -0.454 e. The number of aryl methyl sites for hydroxylation is 2. The molecule has 1 nitrogen and oxygen atoms in total. The van der Waals surface area contributed by atoms with Crippen molar-refractivity contribution in [1.82, 2.24) is 0 Å². The summed E-state index contributed by atoms with van der Waals surface area (Å²) in [5.74, 6) is 1.93. The molecule has 0 aromatic heterocycles. The third-order valence-electron chi connectivity index (χ3n) is 6.18. The summed E-state index contributed by atoms with van der Waals surface area (Å²) in [6.45, 7) is 6.93. The summed E-state index contributed by atoms with van der Waals surface area (Å²) < 4.78 is 8.60. The Bertz CT molecular complexity index is 804. The first-order valence-electron chi connectivity index (χ1n) is 11.3. The van der Waals surface area contributed by atoms with Crippen molar-refractivity contribution >= 4 is 47.8 Å². The topological polar surface area (TPSA) is 9.23 Å². The van der Waals surface area contributed by atoms with Crippen molar-refractivity contribution in [3.05, 3.63) is 55.5 Å². The number of fused-ring (bicyclic) bond motifs is 2. The number of halogens is 3. The normalized spacial score (nSPS) is 14.2. The Kier molecular flexibility index (Phi) is 8.93. The zero-order chi connectivity index (χ0) is 21.7. The Morgan fingerprint density at radius 1 is 0.733 bits per heavy atom. The lowest BCUT2D eigenvalue weighted by molar-refractivity contribution is 0.412. The molecule has 0 saturated carbocycles. The lowest BCUT2D eigenvalue weighted by Gasteiger charge is -2.36. The maximum Gasteiger partial charge on any atom is 0.145 e. The summed E-state index contributed by atoms with van der Waals surface area (Å²) in [6.07, 6.45) is 11.1. The number of alkyl halides is 1. The van der Waals surface area contributed by atoms with Gasteiger partial charge in [-0.1, -0.05) is 74.5 Å². The van der Waals surface area contributed by atoms with Gasteiger partial charge in [-0.05, 0) is 87.2 Å². The molecular formula is C26H33Br3O. The van der Waals surface area contributed by atoms with E-state index >= 15 is 0 Å². The largest absolute Gasteiger partial charge is 0.454 e. The molecule has 2 aromatic carbocycles. The number of hydrogen-bond donors (Lipinski definition) is 0. The Hall–Kier alpha value is -0.320. The monoisotopic (exact) mass is 598 g/mol. The third-order valence-corrected chi connectivity index (χ3v) is 7.91. The summed E-state index contributed by atoms with van der Waals surface area (Å²) in [5, 5.41) is 1.09. The van der Waals surface area contributed by atoms with Gasteiger partial charge in [0.2, 0.25) is 0 Å². The predicted molar refractivity (Wildman–Crippen MR) is 140 cm³/mol. The highest BCUT2D eigenvalue weighted by atomic mass is 79.9. The van der Waals surface area contributed by atoms with Crippen LogP contribution >= 0.6 is 47.8 Å². The Labute approximate surface area is 207 Å². The van der Waals surface area contributed by atoms with Crippen molar-refractivity contribution < 1.29 is 4.74 Å². The van der Waals surface area contributed by atoms with Crippen molar-refractivity contribution in [3.8, 4) is 11.5 Å². The maximum absolute atomic E-state index is 6.47. The van der Waals surface area contributed by atoms with Crippen LogP contribution in [0.25, 0.3) is 0 Å². The highest BCUT2D eigenvalue weighted by Crippen LogP contribution is 2.53. The molecule has 1 aliphatic rings. The molecule has 164 valence electrons. The lowest BCUT2D eigenvalue weighted by atomic mass is 9.74. The van der Waals surface area contributed by atoms with Crippen LogP contribution < -0.4 is 4.74 Å². The van der Waals surface area contributed by atoms with Crippen molar-refractivity contribution in [2.75, 3.05) is 5.33 Å². The van der Waals surface area contributed by atoms with E-state index in [2.05, 4.69) is 92.8 Å². The number of ether oxygens (including phenoxy) is 1. The molecule has 1 aliphatic heterocycles. The number of benzene rings is 2. The van der Waals surface area contributed by atoms with Crippen molar-refractivity contribution in [2.45, 2.75) is 84.0 Å². The maximum atomic E-state index is 6.47. The molecule has 2 aromatic rings. The van der Waals surface area contributed by atoms with Gasteiger partial charge in [0, 0.05) is 21.9 Å². The van der Waals surface area contributed by atoms with Gasteiger partial charge in [-0.3, -0.25) is 0 Å². The molecule has 3 rings (SSSR count). The van der Waals surface area contributed by atoms with Crippen molar-refractivity contribution in [3.63, 3.8) is 0 Å². The third kappa shape index (κ3) is 5.53. The first-order valence-corrected chi connectivity index (χ1v) is 14.0. The van der Waals surface area contributed by atoms with E-state index in [1.54, 1.807) is 0 Å². The lowest BCUT2D eigenvalue weighted by Crippen LogP contribution is -2.25. The number of unbranched alkanes of at least 4 members (excludes halogenated alkanes) is 5. The highest BCUT2D eigenvalue weighted by Gasteiger charge is 2.37. The van der Waals surface area contributed by atoms with Crippen molar-refractivity contribution in [2.24, 2.45) is 0 Å². The summed E-state index contributed by atoms with van der Waals surface area (Å²) in [5.41, 5.74) is 5.28. The molecule has 0 bridgehead atoms. The Balaban J connectivity index is 1.90. The van der Waals surface area contributed by atoms with Gasteiger partial charge in [0.25, 0.3) is 0 Å².